The fourth-order valence-electron chi connectivity index (χ4n) is 6.17. The molecule has 0 radical (unpaired) electrons. The number of nitrogens with one attached hydrogen (secondary N) is 1. The highest BCUT2D eigenvalue weighted by Crippen LogP contribution is 2.37. The van der Waals surface area contributed by atoms with Crippen LogP contribution in [-0.2, 0) is 22.4 Å². The summed E-state index contributed by atoms with van der Waals surface area (Å²) in [5.41, 5.74) is 0.789. The first-order valence-electron chi connectivity index (χ1n) is 14.8. The second kappa shape index (κ2) is 13.4. The van der Waals surface area contributed by atoms with Gasteiger partial charge in [-0.25, -0.2) is 18.2 Å². The van der Waals surface area contributed by atoms with E-state index in [4.69, 9.17) is 14.5 Å². The summed E-state index contributed by atoms with van der Waals surface area (Å²) in [7, 11) is 0. The van der Waals surface area contributed by atoms with Crippen molar-refractivity contribution in [2.24, 2.45) is 5.92 Å². The van der Waals surface area contributed by atoms with Gasteiger partial charge in [-0.2, -0.15) is 0 Å². The molecule has 10 heteroatoms. The first kappa shape index (κ1) is 29.6. The maximum absolute atomic E-state index is 15.3. The van der Waals surface area contributed by atoms with E-state index in [1.807, 2.05) is 0 Å². The Morgan fingerprint density at radius 1 is 1.24 bits per heavy atom. The van der Waals surface area contributed by atoms with E-state index in [1.54, 1.807) is 4.90 Å². The van der Waals surface area contributed by atoms with Crippen LogP contribution in [0.15, 0.2) is 30.3 Å². The number of ether oxygens (including phenoxy) is 2. The van der Waals surface area contributed by atoms with Gasteiger partial charge in [-0.3, -0.25) is 9.69 Å². The van der Waals surface area contributed by atoms with E-state index in [9.17, 15) is 14.3 Å². The van der Waals surface area contributed by atoms with Crippen LogP contribution in [0, 0.1) is 11.7 Å². The van der Waals surface area contributed by atoms with Crippen LogP contribution in [-0.4, -0.2) is 72.3 Å². The lowest BCUT2D eigenvalue weighted by Crippen LogP contribution is -2.38. The topological polar surface area (TPSA) is 83.9 Å². The number of aryl methyl sites for hydroxylation is 2. The molecule has 224 valence electrons. The predicted octanol–water partition coefficient (Wildman–Crippen LogP) is 5.68. The molecule has 2 fully saturated rings. The number of rotatable bonds is 12. The third kappa shape index (κ3) is 7.52. The Hall–Kier alpha value is -2.85. The van der Waals surface area contributed by atoms with Crippen LogP contribution in [0.5, 0.6) is 5.75 Å². The quantitative estimate of drug-likeness (QED) is 0.315. The van der Waals surface area contributed by atoms with E-state index in [1.165, 1.54) is 17.7 Å². The summed E-state index contributed by atoms with van der Waals surface area (Å²) < 4.78 is 55.7. The molecule has 5 rings (SSSR count). The van der Waals surface area contributed by atoms with Crippen molar-refractivity contribution in [2.75, 3.05) is 44.8 Å². The minimum atomic E-state index is -1.59. The van der Waals surface area contributed by atoms with Crippen molar-refractivity contribution in [3.8, 4) is 5.75 Å². The van der Waals surface area contributed by atoms with Crippen LogP contribution in [0.2, 0.25) is 0 Å². The van der Waals surface area contributed by atoms with E-state index >= 15 is 8.78 Å². The maximum atomic E-state index is 15.3. The summed E-state index contributed by atoms with van der Waals surface area (Å²) in [6, 6.07) is 6.62. The number of pyridine rings is 1. The minimum Gasteiger partial charge on any atom is -0.490 e. The molecule has 1 unspecified atom stereocenters. The number of alkyl halides is 2. The third-order valence-corrected chi connectivity index (χ3v) is 8.62. The predicted molar refractivity (Wildman–Crippen MR) is 149 cm³/mol. The molecule has 0 amide bonds. The SMILES string of the molecule is O=C(O)[C@H](c1cc(F)ccc1OCC1(F)CCOCC1)N1CC[C@@H](C(F)CCCCc2ccc3c(n2)NCCC3)C1. The van der Waals surface area contributed by atoms with Crippen LogP contribution in [0.25, 0.3) is 0 Å². The summed E-state index contributed by atoms with van der Waals surface area (Å²) in [5.74, 6) is -0.992. The lowest BCUT2D eigenvalue weighted by molar-refractivity contribution is -0.143. The van der Waals surface area contributed by atoms with Gasteiger partial charge in [-0.15, -0.1) is 0 Å². The zero-order chi connectivity index (χ0) is 28.8. The molecular weight excluding hydrogens is 535 g/mol. The summed E-state index contributed by atoms with van der Waals surface area (Å²) >= 11 is 0. The molecule has 2 saturated heterocycles. The molecule has 0 aliphatic carbocycles. The molecule has 2 aromatic rings. The standard InChI is InChI=1S/C31H40F3N3O4/c32-23-8-10-27(41-20-31(34)12-16-40-17-13-31)25(18-23)28(30(38)39)37-15-11-22(19-37)26(33)6-2-1-5-24-9-7-21-4-3-14-35-29(21)36-24/h7-10,18,22,26,28H,1-6,11-17,19-20H2,(H,35,36)(H,38,39)/t22-,26?,28+/m1/s1. The van der Waals surface area contributed by atoms with Gasteiger partial charge in [-0.05, 0) is 74.9 Å². The Morgan fingerprint density at radius 3 is 2.88 bits per heavy atom. The van der Waals surface area contributed by atoms with E-state index in [2.05, 4.69) is 17.4 Å². The molecule has 7 nitrogen and oxygen atoms in total. The van der Waals surface area contributed by atoms with Gasteiger partial charge >= 0.3 is 5.97 Å². The number of carboxylic acids is 1. The number of aromatic nitrogens is 1. The maximum Gasteiger partial charge on any atom is 0.325 e. The second-order valence-electron chi connectivity index (χ2n) is 11.6. The molecule has 0 spiro atoms. The summed E-state index contributed by atoms with van der Waals surface area (Å²) in [6.07, 6.45) is 4.70. The van der Waals surface area contributed by atoms with E-state index in [0.717, 1.165) is 49.8 Å². The largest absolute Gasteiger partial charge is 0.490 e. The Bertz CT molecular complexity index is 1190. The number of aliphatic carboxylic acids is 1. The number of anilines is 1. The number of fused-ring (bicyclic) bond motifs is 1. The van der Waals surface area contributed by atoms with Crippen LogP contribution >= 0.6 is 0 Å². The molecule has 1 aromatic carbocycles. The van der Waals surface area contributed by atoms with Crippen molar-refractivity contribution in [1.82, 2.24) is 9.88 Å². The summed E-state index contributed by atoms with van der Waals surface area (Å²) in [5, 5.41) is 13.5. The van der Waals surface area contributed by atoms with Gasteiger partial charge in [-0.1, -0.05) is 12.5 Å². The Kier molecular flexibility index (Phi) is 9.70. The molecule has 4 heterocycles. The number of carboxylic acid groups (broad SMARTS) is 1. The van der Waals surface area contributed by atoms with Crippen molar-refractivity contribution in [3.63, 3.8) is 0 Å². The average Bonchev–Trinajstić information content (AvgIpc) is 3.45. The zero-order valence-corrected chi connectivity index (χ0v) is 23.4. The van der Waals surface area contributed by atoms with Crippen molar-refractivity contribution in [1.29, 1.82) is 0 Å². The number of hydrogen-bond acceptors (Lipinski definition) is 6. The molecule has 3 aliphatic rings. The van der Waals surface area contributed by atoms with Gasteiger partial charge in [0.15, 0.2) is 0 Å². The molecule has 0 saturated carbocycles. The number of unbranched alkanes of at least 4 members (excludes halogenated alkanes) is 1. The first-order valence-corrected chi connectivity index (χ1v) is 14.8. The van der Waals surface area contributed by atoms with Crippen molar-refractivity contribution < 1.29 is 32.5 Å². The van der Waals surface area contributed by atoms with Crippen molar-refractivity contribution >= 4 is 11.8 Å². The number of benzene rings is 1. The smallest absolute Gasteiger partial charge is 0.325 e. The Balaban J connectivity index is 1.15. The number of hydrogen-bond donors (Lipinski definition) is 2. The average molecular weight is 576 g/mol. The van der Waals surface area contributed by atoms with Gasteiger partial charge in [0.25, 0.3) is 0 Å². The molecule has 41 heavy (non-hydrogen) atoms. The minimum absolute atomic E-state index is 0.122. The second-order valence-corrected chi connectivity index (χ2v) is 11.6. The zero-order valence-electron chi connectivity index (χ0n) is 23.4. The molecular formula is C31H40F3N3O4. The van der Waals surface area contributed by atoms with Gasteiger partial charge < -0.3 is 19.9 Å². The Labute approximate surface area is 239 Å². The Morgan fingerprint density at radius 2 is 2.07 bits per heavy atom. The fraction of sp³-hybridized carbons (Fsp3) is 0.613. The molecule has 3 aliphatic heterocycles. The highest BCUT2D eigenvalue weighted by atomic mass is 19.1. The fourth-order valence-corrected chi connectivity index (χ4v) is 6.17. The first-order chi connectivity index (χ1) is 19.8. The number of nitrogens with zero attached hydrogens (tertiary/aromatic N) is 2. The van der Waals surface area contributed by atoms with Crippen LogP contribution in [0.1, 0.15) is 67.8 Å². The number of carbonyl (C=O) groups is 1. The van der Waals surface area contributed by atoms with Crippen LogP contribution in [0.4, 0.5) is 19.0 Å². The van der Waals surface area contributed by atoms with Gasteiger partial charge in [0, 0.05) is 56.3 Å². The molecule has 0 bridgehead atoms. The summed E-state index contributed by atoms with van der Waals surface area (Å²) in [6.45, 7) is 1.86. The van der Waals surface area contributed by atoms with Crippen molar-refractivity contribution in [2.45, 2.75) is 75.7 Å². The highest BCUT2D eigenvalue weighted by molar-refractivity contribution is 5.77. The molecule has 1 aromatic heterocycles. The lowest BCUT2D eigenvalue weighted by atomic mass is 9.97. The molecule has 3 atom stereocenters. The highest BCUT2D eigenvalue weighted by Gasteiger charge is 2.39. The van der Waals surface area contributed by atoms with Gasteiger partial charge in [0.1, 0.15) is 41.9 Å². The van der Waals surface area contributed by atoms with Gasteiger partial charge in [0.05, 0.1) is 0 Å². The number of likely N-dealkylation sites (tertiary alicyclic amines) is 1. The third-order valence-electron chi connectivity index (χ3n) is 8.62. The van der Waals surface area contributed by atoms with E-state index < -0.39 is 29.7 Å². The van der Waals surface area contributed by atoms with E-state index in [0.29, 0.717) is 25.8 Å². The van der Waals surface area contributed by atoms with Crippen LogP contribution < -0.4 is 10.1 Å². The number of halogens is 3. The lowest BCUT2D eigenvalue weighted by Gasteiger charge is -2.31. The normalized spacial score (nSPS) is 22.0. The molecule has 2 N–H and O–H groups in total. The van der Waals surface area contributed by atoms with Crippen LogP contribution in [0.3, 0.4) is 0 Å². The summed E-state index contributed by atoms with van der Waals surface area (Å²) in [4.78, 5) is 18.8. The van der Waals surface area contributed by atoms with E-state index in [-0.39, 0.29) is 56.4 Å². The van der Waals surface area contributed by atoms with Gasteiger partial charge in [0.2, 0.25) is 0 Å². The monoisotopic (exact) mass is 575 g/mol. The van der Waals surface area contributed by atoms with Crippen molar-refractivity contribution in [3.05, 3.63) is 53.0 Å².